The number of nitrogens with zero attached hydrogens (tertiary/aromatic N) is 2. The van der Waals surface area contributed by atoms with Gasteiger partial charge in [-0.2, -0.15) is 10.5 Å². The van der Waals surface area contributed by atoms with Gasteiger partial charge in [-0.05, 0) is 61.1 Å². The number of rotatable bonds is 4. The average molecular weight is 545 g/mol. The average Bonchev–Trinajstić information content (AvgIpc) is 2.67. The van der Waals surface area contributed by atoms with Crippen LogP contribution in [0.1, 0.15) is 36.8 Å². The smallest absolute Gasteiger partial charge is 0.0822 e. The van der Waals surface area contributed by atoms with Gasteiger partial charge in [-0.3, -0.25) is 0 Å². The van der Waals surface area contributed by atoms with Crippen molar-refractivity contribution in [3.05, 3.63) is 69.7 Å². The van der Waals surface area contributed by atoms with Gasteiger partial charge in [-0.25, -0.2) is 0 Å². The monoisotopic (exact) mass is 542 g/mol. The molecule has 2 aromatic carbocycles. The molecule has 0 aromatic heterocycles. The maximum Gasteiger partial charge on any atom is 0.0822 e. The summed E-state index contributed by atoms with van der Waals surface area (Å²) in [5, 5.41) is 21.0. The molecule has 2 aromatic rings. The fraction of sp³-hybridized carbons (Fsp3) is 0.364. The van der Waals surface area contributed by atoms with Crippen molar-refractivity contribution in [3.63, 3.8) is 0 Å². The van der Waals surface area contributed by atoms with Gasteiger partial charge in [0.1, 0.15) is 0 Å². The first-order valence-electron chi connectivity index (χ1n) is 8.92. The molecule has 6 heteroatoms. The number of nitriles is 2. The molecule has 0 atom stereocenters. The second kappa shape index (κ2) is 14.0. The van der Waals surface area contributed by atoms with Gasteiger partial charge >= 0.3 is 0 Å². The Labute approximate surface area is 194 Å². The van der Waals surface area contributed by atoms with Crippen LogP contribution < -0.4 is 0 Å². The zero-order valence-corrected chi connectivity index (χ0v) is 20.2. The van der Waals surface area contributed by atoms with Crippen LogP contribution in [0.4, 0.5) is 0 Å². The van der Waals surface area contributed by atoms with Crippen molar-refractivity contribution < 1.29 is 0 Å². The molecule has 0 unspecified atom stereocenters. The highest BCUT2D eigenvalue weighted by molar-refractivity contribution is 9.09. The summed E-state index contributed by atoms with van der Waals surface area (Å²) in [6.07, 6.45) is 4.82. The zero-order valence-electron chi connectivity index (χ0n) is 15.5. The molecule has 1 aliphatic rings. The SMILES string of the molecule is BrCCCBr.N#CC1(c2ccc(Cl)cc2)CCC1.N#CCc1ccc(Cl)cc1. The van der Waals surface area contributed by atoms with Gasteiger partial charge in [0.05, 0.1) is 24.0 Å². The number of hydrogen-bond donors (Lipinski definition) is 0. The molecule has 0 radical (unpaired) electrons. The lowest BCUT2D eigenvalue weighted by Crippen LogP contribution is -2.32. The van der Waals surface area contributed by atoms with Crippen LogP contribution in [0.3, 0.4) is 0 Å². The van der Waals surface area contributed by atoms with Crippen LogP contribution in [0.2, 0.25) is 10.0 Å². The number of alkyl halides is 2. The van der Waals surface area contributed by atoms with Crippen LogP contribution in [0.5, 0.6) is 0 Å². The van der Waals surface area contributed by atoms with Crippen LogP contribution in [-0.4, -0.2) is 10.7 Å². The molecule has 1 fully saturated rings. The molecule has 28 heavy (non-hydrogen) atoms. The Hall–Kier alpha value is -1.04. The molecule has 0 amide bonds. The van der Waals surface area contributed by atoms with Crippen molar-refractivity contribution in [2.75, 3.05) is 10.7 Å². The molecule has 0 saturated heterocycles. The normalized spacial score (nSPS) is 13.4. The molecule has 0 aliphatic heterocycles. The maximum atomic E-state index is 9.08. The second-order valence-electron chi connectivity index (χ2n) is 6.25. The van der Waals surface area contributed by atoms with Crippen LogP contribution in [-0.2, 0) is 11.8 Å². The molecule has 2 nitrogen and oxygen atoms in total. The Morgan fingerprint density at radius 3 is 1.68 bits per heavy atom. The van der Waals surface area contributed by atoms with E-state index in [0.717, 1.165) is 46.1 Å². The molecular formula is C22H22Br2Cl2N2. The fourth-order valence-electron chi connectivity index (χ4n) is 2.51. The van der Waals surface area contributed by atoms with E-state index in [1.807, 2.05) is 36.4 Å². The Morgan fingerprint density at radius 1 is 0.857 bits per heavy atom. The topological polar surface area (TPSA) is 47.6 Å². The van der Waals surface area contributed by atoms with Crippen molar-refractivity contribution >= 4 is 55.1 Å². The van der Waals surface area contributed by atoms with Crippen molar-refractivity contribution in [1.29, 1.82) is 10.5 Å². The van der Waals surface area contributed by atoms with E-state index >= 15 is 0 Å². The summed E-state index contributed by atoms with van der Waals surface area (Å²) < 4.78 is 0. The summed E-state index contributed by atoms with van der Waals surface area (Å²) in [7, 11) is 0. The van der Waals surface area contributed by atoms with Crippen molar-refractivity contribution in [2.45, 2.75) is 37.5 Å². The number of halogens is 4. The third-order valence-corrected chi connectivity index (χ3v) is 5.91. The minimum atomic E-state index is -0.204. The van der Waals surface area contributed by atoms with E-state index in [1.165, 1.54) is 6.42 Å². The molecular weight excluding hydrogens is 523 g/mol. The Kier molecular flexibility index (Phi) is 12.5. The first-order valence-corrected chi connectivity index (χ1v) is 11.9. The van der Waals surface area contributed by atoms with Crippen LogP contribution in [0, 0.1) is 22.7 Å². The third-order valence-electron chi connectivity index (χ3n) is 4.28. The first-order chi connectivity index (χ1) is 13.5. The summed E-state index contributed by atoms with van der Waals surface area (Å²) in [5.41, 5.74) is 1.92. The van der Waals surface area contributed by atoms with Gasteiger partial charge in [0.25, 0.3) is 0 Å². The van der Waals surface area contributed by atoms with Crippen molar-refractivity contribution in [2.24, 2.45) is 0 Å². The summed E-state index contributed by atoms with van der Waals surface area (Å²) in [6, 6.07) is 19.4. The van der Waals surface area contributed by atoms with Gasteiger partial charge in [-0.1, -0.05) is 79.3 Å². The second-order valence-corrected chi connectivity index (χ2v) is 8.71. The van der Waals surface area contributed by atoms with E-state index in [1.54, 1.807) is 12.1 Å². The minimum absolute atomic E-state index is 0.204. The lowest BCUT2D eigenvalue weighted by atomic mass is 9.66. The van der Waals surface area contributed by atoms with E-state index in [2.05, 4.69) is 44.0 Å². The Bertz CT molecular complexity index is 772. The largest absolute Gasteiger partial charge is 0.198 e. The molecule has 0 N–H and O–H groups in total. The highest BCUT2D eigenvalue weighted by Gasteiger charge is 2.38. The van der Waals surface area contributed by atoms with Gasteiger partial charge in [-0.15, -0.1) is 0 Å². The van der Waals surface area contributed by atoms with Gasteiger partial charge in [0.2, 0.25) is 0 Å². The van der Waals surface area contributed by atoms with E-state index in [9.17, 15) is 0 Å². The van der Waals surface area contributed by atoms with Crippen molar-refractivity contribution in [3.8, 4) is 12.1 Å². The lowest BCUT2D eigenvalue weighted by Gasteiger charge is -2.35. The first kappa shape index (κ1) is 25.0. The van der Waals surface area contributed by atoms with E-state index in [-0.39, 0.29) is 5.41 Å². The fourth-order valence-corrected chi connectivity index (χ4v) is 4.07. The molecule has 0 spiro atoms. The molecule has 1 aliphatic carbocycles. The maximum absolute atomic E-state index is 9.08. The Morgan fingerprint density at radius 2 is 1.36 bits per heavy atom. The highest BCUT2D eigenvalue weighted by atomic mass is 79.9. The summed E-state index contributed by atoms with van der Waals surface area (Å²) in [5.74, 6) is 0. The lowest BCUT2D eigenvalue weighted by molar-refractivity contribution is 0.324. The van der Waals surface area contributed by atoms with Crippen LogP contribution in [0.25, 0.3) is 0 Å². The van der Waals surface area contributed by atoms with Gasteiger partial charge < -0.3 is 0 Å². The minimum Gasteiger partial charge on any atom is -0.198 e. The predicted molar refractivity (Wildman–Crippen MR) is 126 cm³/mol. The van der Waals surface area contributed by atoms with E-state index in [4.69, 9.17) is 33.7 Å². The van der Waals surface area contributed by atoms with E-state index in [0.29, 0.717) is 11.4 Å². The molecule has 148 valence electrons. The quantitative estimate of drug-likeness (QED) is 0.368. The summed E-state index contributed by atoms with van der Waals surface area (Å²) >= 11 is 18.0. The summed E-state index contributed by atoms with van der Waals surface area (Å²) in [6.45, 7) is 0. The molecule has 0 heterocycles. The number of benzene rings is 2. The van der Waals surface area contributed by atoms with Crippen LogP contribution >= 0.6 is 55.1 Å². The molecule has 3 rings (SSSR count). The highest BCUT2D eigenvalue weighted by Crippen LogP contribution is 2.43. The zero-order chi connectivity index (χ0) is 20.8. The van der Waals surface area contributed by atoms with Crippen molar-refractivity contribution in [1.82, 2.24) is 0 Å². The third kappa shape index (κ3) is 8.54. The van der Waals surface area contributed by atoms with Gasteiger partial charge in [0, 0.05) is 20.7 Å². The molecule has 1 saturated carbocycles. The standard InChI is InChI=1S/C11H10ClN.C8H6ClN.C3H6Br2/c12-10-4-2-9(3-5-10)11(8-13)6-1-7-11;9-8-3-1-7(2-4-8)5-6-10;4-2-1-3-5/h2-5H,1,6-7H2;1-4H,5H2;1-3H2. The number of hydrogen-bond acceptors (Lipinski definition) is 2. The molecule has 0 bridgehead atoms. The van der Waals surface area contributed by atoms with E-state index < -0.39 is 0 Å². The predicted octanol–water partition coefficient (Wildman–Crippen LogP) is 7.86. The summed E-state index contributed by atoms with van der Waals surface area (Å²) in [4.78, 5) is 0. The van der Waals surface area contributed by atoms with Crippen LogP contribution in [0.15, 0.2) is 48.5 Å². The van der Waals surface area contributed by atoms with Gasteiger partial charge in [0.15, 0.2) is 0 Å². The Balaban J connectivity index is 0.000000233.